The average Bonchev–Trinajstić information content (AvgIpc) is 2.67. The van der Waals surface area contributed by atoms with Crippen LogP contribution < -0.4 is 0 Å². The molecule has 1 aromatic heterocycles. The molecule has 0 amide bonds. The molecule has 0 unspecified atom stereocenters. The number of aromatic nitrogens is 4. The Kier molecular flexibility index (Phi) is 2.69. The second-order valence-corrected chi connectivity index (χ2v) is 4.02. The van der Waals surface area contributed by atoms with Crippen molar-refractivity contribution in [3.63, 3.8) is 0 Å². The summed E-state index contributed by atoms with van der Waals surface area (Å²) in [5.74, 6) is 1.08. The minimum Gasteiger partial charge on any atom is -0.381 e. The quantitative estimate of drug-likeness (QED) is 0.691. The summed E-state index contributed by atoms with van der Waals surface area (Å²) in [6.07, 6.45) is 1.86. The molecular formula is C8H13ClN4O. The van der Waals surface area contributed by atoms with Crippen molar-refractivity contribution in [2.45, 2.75) is 31.2 Å². The van der Waals surface area contributed by atoms with Crippen molar-refractivity contribution in [2.24, 2.45) is 0 Å². The first-order chi connectivity index (χ1) is 6.76. The van der Waals surface area contributed by atoms with Crippen molar-refractivity contribution in [3.05, 3.63) is 5.82 Å². The van der Waals surface area contributed by atoms with Gasteiger partial charge in [0.05, 0.1) is 11.4 Å². The number of ether oxygens (including phenoxy) is 1. The fraction of sp³-hybridized carbons (Fsp3) is 0.875. The Bertz CT molecular complexity index is 308. The Labute approximate surface area is 87.4 Å². The second kappa shape index (κ2) is 3.82. The van der Waals surface area contributed by atoms with E-state index in [2.05, 4.69) is 22.4 Å². The predicted octanol–water partition coefficient (Wildman–Crippen LogP) is 0.937. The van der Waals surface area contributed by atoms with Crippen LogP contribution in [0.4, 0.5) is 0 Å². The van der Waals surface area contributed by atoms with Crippen molar-refractivity contribution >= 4 is 11.6 Å². The maximum absolute atomic E-state index is 5.76. The average molecular weight is 217 g/mol. The summed E-state index contributed by atoms with van der Waals surface area (Å²) in [6.45, 7) is 3.66. The van der Waals surface area contributed by atoms with Gasteiger partial charge < -0.3 is 4.74 Å². The minimum atomic E-state index is -0.0357. The molecule has 0 spiro atoms. The number of tetrazole rings is 1. The van der Waals surface area contributed by atoms with E-state index in [-0.39, 0.29) is 5.54 Å². The van der Waals surface area contributed by atoms with Gasteiger partial charge in [-0.05, 0) is 30.2 Å². The van der Waals surface area contributed by atoms with Crippen LogP contribution in [0.15, 0.2) is 0 Å². The molecule has 1 aliphatic heterocycles. The van der Waals surface area contributed by atoms with E-state index in [0.29, 0.717) is 5.88 Å². The van der Waals surface area contributed by atoms with Crippen LogP contribution in [-0.4, -0.2) is 33.4 Å². The first kappa shape index (κ1) is 9.86. The third-order valence-corrected chi connectivity index (χ3v) is 2.97. The van der Waals surface area contributed by atoms with Gasteiger partial charge in [0.2, 0.25) is 0 Å². The lowest BCUT2D eigenvalue weighted by molar-refractivity contribution is 0.0222. The fourth-order valence-electron chi connectivity index (χ4n) is 1.73. The minimum absolute atomic E-state index is 0.0357. The van der Waals surface area contributed by atoms with Gasteiger partial charge in [0.15, 0.2) is 5.82 Å². The highest BCUT2D eigenvalue weighted by molar-refractivity contribution is 6.16. The molecule has 0 N–H and O–H groups in total. The van der Waals surface area contributed by atoms with E-state index in [1.54, 1.807) is 0 Å². The highest BCUT2D eigenvalue weighted by Crippen LogP contribution is 2.28. The molecule has 0 aromatic carbocycles. The van der Waals surface area contributed by atoms with Gasteiger partial charge in [0, 0.05) is 13.2 Å². The fourth-order valence-corrected chi connectivity index (χ4v) is 1.90. The van der Waals surface area contributed by atoms with Crippen LogP contribution in [0.1, 0.15) is 25.6 Å². The van der Waals surface area contributed by atoms with Crippen LogP contribution in [0.5, 0.6) is 0 Å². The summed E-state index contributed by atoms with van der Waals surface area (Å²) in [5, 5.41) is 11.5. The highest BCUT2D eigenvalue weighted by Gasteiger charge is 2.32. The SMILES string of the molecule is CC1(n2nnnc2CCl)CCOCC1. The van der Waals surface area contributed by atoms with Crippen molar-refractivity contribution in [2.75, 3.05) is 13.2 Å². The smallest absolute Gasteiger partial charge is 0.166 e. The molecular weight excluding hydrogens is 204 g/mol. The molecule has 78 valence electrons. The summed E-state index contributed by atoms with van der Waals surface area (Å²) >= 11 is 5.76. The van der Waals surface area contributed by atoms with Crippen molar-refractivity contribution in [1.82, 2.24) is 20.2 Å². The predicted molar refractivity (Wildman–Crippen MR) is 51.1 cm³/mol. The zero-order valence-corrected chi connectivity index (χ0v) is 8.87. The van der Waals surface area contributed by atoms with Gasteiger partial charge in [0.25, 0.3) is 0 Å². The molecule has 0 saturated carbocycles. The van der Waals surface area contributed by atoms with E-state index < -0.39 is 0 Å². The summed E-state index contributed by atoms with van der Waals surface area (Å²) in [4.78, 5) is 0. The molecule has 1 aliphatic rings. The van der Waals surface area contributed by atoms with E-state index in [9.17, 15) is 0 Å². The van der Waals surface area contributed by atoms with Gasteiger partial charge in [-0.2, -0.15) is 0 Å². The number of alkyl halides is 1. The molecule has 0 radical (unpaired) electrons. The normalized spacial score (nSPS) is 21.0. The summed E-state index contributed by atoms with van der Waals surface area (Å²) < 4.78 is 7.16. The molecule has 1 saturated heterocycles. The second-order valence-electron chi connectivity index (χ2n) is 3.75. The summed E-state index contributed by atoms with van der Waals surface area (Å²) in [7, 11) is 0. The van der Waals surface area contributed by atoms with Crippen LogP contribution in [0.3, 0.4) is 0 Å². The first-order valence-electron chi connectivity index (χ1n) is 4.68. The zero-order chi connectivity index (χ0) is 10.0. The van der Waals surface area contributed by atoms with Gasteiger partial charge in [-0.25, -0.2) is 4.68 Å². The van der Waals surface area contributed by atoms with Crippen LogP contribution in [0.2, 0.25) is 0 Å². The van der Waals surface area contributed by atoms with E-state index in [0.717, 1.165) is 31.9 Å². The van der Waals surface area contributed by atoms with Crippen LogP contribution in [-0.2, 0) is 16.2 Å². The first-order valence-corrected chi connectivity index (χ1v) is 5.21. The van der Waals surface area contributed by atoms with Gasteiger partial charge in [-0.15, -0.1) is 16.7 Å². The Morgan fingerprint density at radius 3 is 2.86 bits per heavy atom. The van der Waals surface area contributed by atoms with Crippen molar-refractivity contribution in [3.8, 4) is 0 Å². The maximum atomic E-state index is 5.76. The molecule has 2 heterocycles. The van der Waals surface area contributed by atoms with E-state index >= 15 is 0 Å². The Morgan fingerprint density at radius 2 is 2.21 bits per heavy atom. The Balaban J connectivity index is 2.27. The van der Waals surface area contributed by atoms with Gasteiger partial charge >= 0.3 is 0 Å². The van der Waals surface area contributed by atoms with Gasteiger partial charge in [-0.3, -0.25) is 0 Å². The highest BCUT2D eigenvalue weighted by atomic mass is 35.5. The molecule has 2 rings (SSSR count). The molecule has 14 heavy (non-hydrogen) atoms. The summed E-state index contributed by atoms with van der Waals surface area (Å²) in [6, 6.07) is 0. The Morgan fingerprint density at radius 1 is 1.50 bits per heavy atom. The number of rotatable bonds is 2. The molecule has 5 nitrogen and oxygen atoms in total. The van der Waals surface area contributed by atoms with Crippen LogP contribution >= 0.6 is 11.6 Å². The zero-order valence-electron chi connectivity index (χ0n) is 8.11. The van der Waals surface area contributed by atoms with Gasteiger partial charge in [-0.1, -0.05) is 0 Å². The molecule has 1 fully saturated rings. The number of hydrogen-bond acceptors (Lipinski definition) is 4. The van der Waals surface area contributed by atoms with Crippen molar-refractivity contribution < 1.29 is 4.74 Å². The molecule has 1 aromatic rings. The topological polar surface area (TPSA) is 52.8 Å². The third-order valence-electron chi connectivity index (χ3n) is 2.73. The third kappa shape index (κ3) is 1.62. The lowest BCUT2D eigenvalue weighted by Crippen LogP contribution is -2.38. The van der Waals surface area contributed by atoms with E-state index in [4.69, 9.17) is 16.3 Å². The Hall–Kier alpha value is -0.680. The molecule has 6 heteroatoms. The van der Waals surface area contributed by atoms with Crippen LogP contribution in [0.25, 0.3) is 0 Å². The maximum Gasteiger partial charge on any atom is 0.166 e. The summed E-state index contributed by atoms with van der Waals surface area (Å²) in [5.41, 5.74) is -0.0357. The standard InChI is InChI=1S/C8H13ClN4O/c1-8(2-4-14-5-3-8)13-7(6-9)10-11-12-13/h2-6H2,1H3. The largest absolute Gasteiger partial charge is 0.381 e. The number of hydrogen-bond donors (Lipinski definition) is 0. The monoisotopic (exact) mass is 216 g/mol. The molecule has 0 bridgehead atoms. The van der Waals surface area contributed by atoms with Gasteiger partial charge in [0.1, 0.15) is 0 Å². The van der Waals surface area contributed by atoms with E-state index in [1.165, 1.54) is 0 Å². The lowest BCUT2D eigenvalue weighted by atomic mass is 9.93. The van der Waals surface area contributed by atoms with E-state index in [1.807, 2.05) is 4.68 Å². The van der Waals surface area contributed by atoms with Crippen molar-refractivity contribution in [1.29, 1.82) is 0 Å². The molecule has 0 aliphatic carbocycles. The number of halogens is 1. The van der Waals surface area contributed by atoms with Crippen LogP contribution in [0, 0.1) is 0 Å². The number of nitrogens with zero attached hydrogens (tertiary/aromatic N) is 4. The molecule has 0 atom stereocenters. The lowest BCUT2D eigenvalue weighted by Gasteiger charge is -2.33.